The molecule has 2 aromatic rings. The second-order valence-electron chi connectivity index (χ2n) is 6.96. The number of hydrogen-bond acceptors (Lipinski definition) is 5. The van der Waals surface area contributed by atoms with E-state index in [0.29, 0.717) is 5.56 Å². The van der Waals surface area contributed by atoms with Crippen LogP contribution in [0.3, 0.4) is 0 Å². The first kappa shape index (κ1) is 19.5. The molecular weight excluding hydrogens is 358 g/mol. The van der Waals surface area contributed by atoms with E-state index in [-0.39, 0.29) is 16.9 Å². The molecule has 6 nitrogen and oxygen atoms in total. The number of Topliss-reactive ketones (excluding diaryl/α,β-unsaturated/α-hetero) is 1. The molecule has 0 aliphatic carbocycles. The summed E-state index contributed by atoms with van der Waals surface area (Å²) in [5.74, 6) is -2.19. The van der Waals surface area contributed by atoms with Crippen LogP contribution >= 0.6 is 0 Å². The minimum Gasteiger partial charge on any atom is -0.456 e. The van der Waals surface area contributed by atoms with Gasteiger partial charge in [0, 0.05) is 5.56 Å². The van der Waals surface area contributed by atoms with Crippen molar-refractivity contribution in [3.63, 3.8) is 0 Å². The fraction of sp³-hybridized carbons (Fsp3) is 0.273. The first-order valence-electron chi connectivity index (χ1n) is 8.93. The lowest BCUT2D eigenvalue weighted by Gasteiger charge is -2.15. The average Bonchev–Trinajstić information content (AvgIpc) is 2.90. The zero-order chi connectivity index (χ0) is 20.6. The summed E-state index contributed by atoms with van der Waals surface area (Å²) in [5.41, 5.74) is 4.86. The molecule has 2 aromatic carbocycles. The van der Waals surface area contributed by atoms with Gasteiger partial charge in [-0.25, -0.2) is 0 Å². The Morgan fingerprint density at radius 3 is 2.04 bits per heavy atom. The zero-order valence-electron chi connectivity index (χ0n) is 16.3. The lowest BCUT2D eigenvalue weighted by atomic mass is 9.92. The Bertz CT molecular complexity index is 987. The Labute approximate surface area is 163 Å². The van der Waals surface area contributed by atoms with Crippen LogP contribution in [0.5, 0.6) is 0 Å². The Kier molecular flexibility index (Phi) is 5.14. The molecule has 0 radical (unpaired) electrons. The predicted molar refractivity (Wildman–Crippen MR) is 102 cm³/mol. The van der Waals surface area contributed by atoms with Crippen molar-refractivity contribution in [1.82, 2.24) is 4.90 Å². The molecule has 0 saturated heterocycles. The van der Waals surface area contributed by atoms with E-state index in [1.165, 1.54) is 12.1 Å². The van der Waals surface area contributed by atoms with Crippen molar-refractivity contribution in [2.75, 3.05) is 13.2 Å². The quantitative estimate of drug-likeness (QED) is 0.453. The van der Waals surface area contributed by atoms with Crippen molar-refractivity contribution >= 4 is 23.6 Å². The Hall–Kier alpha value is -3.28. The second kappa shape index (κ2) is 7.38. The van der Waals surface area contributed by atoms with Gasteiger partial charge in [0.1, 0.15) is 6.54 Å². The van der Waals surface area contributed by atoms with Crippen molar-refractivity contribution in [3.05, 3.63) is 69.3 Å². The van der Waals surface area contributed by atoms with Gasteiger partial charge >= 0.3 is 5.97 Å². The van der Waals surface area contributed by atoms with Gasteiger partial charge in [-0.15, -0.1) is 0 Å². The molecule has 28 heavy (non-hydrogen) atoms. The fourth-order valence-electron chi connectivity index (χ4n) is 3.49. The summed E-state index contributed by atoms with van der Waals surface area (Å²) in [6, 6.07) is 8.30. The van der Waals surface area contributed by atoms with Crippen LogP contribution in [-0.2, 0) is 9.53 Å². The van der Waals surface area contributed by atoms with Crippen molar-refractivity contribution in [3.8, 4) is 0 Å². The molecule has 1 heterocycles. The molecule has 2 amide bonds. The largest absolute Gasteiger partial charge is 0.456 e. The number of benzene rings is 2. The van der Waals surface area contributed by atoms with Crippen LogP contribution in [0.2, 0.25) is 0 Å². The molecular formula is C22H21NO5. The number of nitrogens with zero attached hydrogens (tertiary/aromatic N) is 1. The highest BCUT2D eigenvalue weighted by Crippen LogP contribution is 2.23. The van der Waals surface area contributed by atoms with Gasteiger partial charge < -0.3 is 4.74 Å². The number of imide groups is 1. The third kappa shape index (κ3) is 3.33. The summed E-state index contributed by atoms with van der Waals surface area (Å²) in [7, 11) is 0. The van der Waals surface area contributed by atoms with E-state index in [9.17, 15) is 19.2 Å². The van der Waals surface area contributed by atoms with Gasteiger partial charge in [-0.05, 0) is 62.1 Å². The van der Waals surface area contributed by atoms with E-state index in [1.807, 2.05) is 33.8 Å². The van der Waals surface area contributed by atoms with Gasteiger partial charge in [-0.2, -0.15) is 0 Å². The van der Waals surface area contributed by atoms with Crippen LogP contribution in [0, 0.1) is 27.7 Å². The van der Waals surface area contributed by atoms with Crippen LogP contribution in [-0.4, -0.2) is 41.6 Å². The second-order valence-corrected chi connectivity index (χ2v) is 6.96. The first-order chi connectivity index (χ1) is 13.2. The van der Waals surface area contributed by atoms with Gasteiger partial charge in [0.05, 0.1) is 11.1 Å². The summed E-state index contributed by atoms with van der Waals surface area (Å²) in [6.07, 6.45) is 0. The van der Waals surface area contributed by atoms with E-state index in [0.717, 1.165) is 27.2 Å². The normalized spacial score (nSPS) is 12.9. The number of aryl methyl sites for hydroxylation is 2. The van der Waals surface area contributed by atoms with Crippen molar-refractivity contribution in [2.45, 2.75) is 27.7 Å². The number of esters is 1. The maximum atomic E-state index is 12.6. The molecule has 0 saturated carbocycles. The number of carbonyl (C=O) groups is 4. The van der Waals surface area contributed by atoms with Crippen LogP contribution in [0.1, 0.15) is 53.3 Å². The van der Waals surface area contributed by atoms with Gasteiger partial charge in [0.15, 0.2) is 6.61 Å². The lowest BCUT2D eigenvalue weighted by molar-refractivity contribution is -0.142. The third-order valence-corrected chi connectivity index (χ3v) is 5.16. The number of carbonyl (C=O) groups excluding carboxylic acids is 4. The summed E-state index contributed by atoms with van der Waals surface area (Å²) in [6.45, 7) is 6.66. The van der Waals surface area contributed by atoms with E-state index < -0.39 is 30.9 Å². The molecule has 0 spiro atoms. The molecule has 0 fully saturated rings. The van der Waals surface area contributed by atoms with Crippen LogP contribution in [0.15, 0.2) is 30.3 Å². The molecule has 0 N–H and O–H groups in total. The van der Waals surface area contributed by atoms with E-state index in [4.69, 9.17) is 4.74 Å². The topological polar surface area (TPSA) is 80.8 Å². The predicted octanol–water partition coefficient (Wildman–Crippen LogP) is 2.94. The van der Waals surface area contributed by atoms with Gasteiger partial charge in [-0.3, -0.25) is 24.1 Å². The van der Waals surface area contributed by atoms with Crippen LogP contribution in [0.4, 0.5) is 0 Å². The third-order valence-electron chi connectivity index (χ3n) is 5.16. The molecule has 6 heteroatoms. The van der Waals surface area contributed by atoms with Gasteiger partial charge in [0.25, 0.3) is 11.8 Å². The summed E-state index contributed by atoms with van der Waals surface area (Å²) < 4.78 is 5.06. The highest BCUT2D eigenvalue weighted by Gasteiger charge is 2.36. The fourth-order valence-corrected chi connectivity index (χ4v) is 3.49. The lowest BCUT2D eigenvalue weighted by Crippen LogP contribution is -2.36. The Morgan fingerprint density at radius 2 is 1.46 bits per heavy atom. The molecule has 144 valence electrons. The van der Waals surface area contributed by atoms with E-state index in [2.05, 4.69) is 0 Å². The zero-order valence-corrected chi connectivity index (χ0v) is 16.3. The molecule has 1 aliphatic rings. The maximum Gasteiger partial charge on any atom is 0.326 e. The molecule has 3 rings (SSSR count). The van der Waals surface area contributed by atoms with Crippen molar-refractivity contribution < 1.29 is 23.9 Å². The van der Waals surface area contributed by atoms with Crippen molar-refractivity contribution in [2.24, 2.45) is 0 Å². The minimum atomic E-state index is -0.804. The summed E-state index contributed by atoms with van der Waals surface area (Å²) >= 11 is 0. The van der Waals surface area contributed by atoms with E-state index >= 15 is 0 Å². The number of ether oxygens (including phenoxy) is 1. The minimum absolute atomic E-state index is 0.262. The number of ketones is 1. The summed E-state index contributed by atoms with van der Waals surface area (Å²) in [5, 5.41) is 0. The molecule has 0 atom stereocenters. The molecule has 0 bridgehead atoms. The Morgan fingerprint density at radius 1 is 0.893 bits per heavy atom. The molecule has 1 aliphatic heterocycles. The van der Waals surface area contributed by atoms with Crippen LogP contribution in [0.25, 0.3) is 0 Å². The molecule has 0 unspecified atom stereocenters. The SMILES string of the molecule is Cc1cc(C)c(C(=O)COC(=O)CN2C(=O)c3ccccc3C2=O)c(C)c1C. The molecule has 0 aromatic heterocycles. The number of fused-ring (bicyclic) bond motifs is 1. The smallest absolute Gasteiger partial charge is 0.326 e. The van der Waals surface area contributed by atoms with Gasteiger partial charge in [0.2, 0.25) is 5.78 Å². The summed E-state index contributed by atoms with van der Waals surface area (Å²) in [4.78, 5) is 50.1. The van der Waals surface area contributed by atoms with E-state index in [1.54, 1.807) is 12.1 Å². The number of amides is 2. The average molecular weight is 379 g/mol. The van der Waals surface area contributed by atoms with Gasteiger partial charge in [-0.1, -0.05) is 18.2 Å². The highest BCUT2D eigenvalue weighted by atomic mass is 16.5. The Balaban J connectivity index is 1.66. The van der Waals surface area contributed by atoms with Crippen LogP contribution < -0.4 is 0 Å². The first-order valence-corrected chi connectivity index (χ1v) is 8.93. The number of hydrogen-bond donors (Lipinski definition) is 0. The number of rotatable bonds is 5. The van der Waals surface area contributed by atoms with Crippen molar-refractivity contribution in [1.29, 1.82) is 0 Å². The highest BCUT2D eigenvalue weighted by molar-refractivity contribution is 6.22. The maximum absolute atomic E-state index is 12.6. The monoisotopic (exact) mass is 379 g/mol. The standard InChI is InChI=1S/C22H21NO5/c1-12-9-13(2)20(15(4)14(12)3)18(24)11-28-19(25)10-23-21(26)16-7-5-6-8-17(16)22(23)27/h5-9H,10-11H2,1-4H3.